The van der Waals surface area contributed by atoms with Crippen molar-refractivity contribution >= 4 is 27.7 Å². The van der Waals surface area contributed by atoms with Gasteiger partial charge in [-0.15, -0.1) is 0 Å². The number of nitrogen functional groups attached to an aromatic ring is 1. The number of aromatic amines is 1. The summed E-state index contributed by atoms with van der Waals surface area (Å²) in [5.41, 5.74) is 10.9. The van der Waals surface area contributed by atoms with Crippen LogP contribution in [0.3, 0.4) is 0 Å². The lowest BCUT2D eigenvalue weighted by molar-refractivity contribution is 0.329. The van der Waals surface area contributed by atoms with Crippen molar-refractivity contribution in [2.75, 3.05) is 5.73 Å². The van der Waals surface area contributed by atoms with Gasteiger partial charge < -0.3 is 15.1 Å². The Hall–Kier alpha value is -3.54. The first kappa shape index (κ1) is 17.3. The molecule has 1 fully saturated rings. The largest absolute Gasteiger partial charge is 0.452 e. The zero-order valence-corrected chi connectivity index (χ0v) is 16.6. The average molecular weight is 397 g/mol. The molecule has 3 N–H and O–H groups in total. The van der Waals surface area contributed by atoms with E-state index in [1.807, 2.05) is 24.7 Å². The van der Waals surface area contributed by atoms with Crippen molar-refractivity contribution in [1.82, 2.24) is 19.7 Å². The Labute approximate surface area is 173 Å². The minimum atomic E-state index is 0.401. The zero-order chi connectivity index (χ0) is 20.1. The van der Waals surface area contributed by atoms with Gasteiger partial charge in [0.25, 0.3) is 0 Å². The maximum Gasteiger partial charge on any atom is 0.177 e. The van der Waals surface area contributed by atoms with Crippen molar-refractivity contribution in [3.63, 3.8) is 0 Å². The number of H-pyrrole nitrogens is 1. The summed E-state index contributed by atoms with van der Waals surface area (Å²) in [6.45, 7) is 0. The Kier molecular flexibility index (Phi) is 3.91. The van der Waals surface area contributed by atoms with Crippen molar-refractivity contribution < 1.29 is 4.42 Å². The van der Waals surface area contributed by atoms with Gasteiger partial charge in [-0.2, -0.15) is 5.10 Å². The van der Waals surface area contributed by atoms with E-state index in [0.29, 0.717) is 17.4 Å². The van der Waals surface area contributed by atoms with Crippen LogP contribution in [0.25, 0.3) is 44.3 Å². The SMILES string of the molecule is Nc1ncc(-c2cnn(C3CCCCC3)c2)c2cc(-c3cccc4cc[nH]c34)oc12. The number of pyridine rings is 1. The van der Waals surface area contributed by atoms with Gasteiger partial charge in [-0.05, 0) is 31.0 Å². The summed E-state index contributed by atoms with van der Waals surface area (Å²) >= 11 is 0. The maximum absolute atomic E-state index is 6.21. The molecule has 0 saturated heterocycles. The summed E-state index contributed by atoms with van der Waals surface area (Å²) in [6, 6.07) is 10.8. The molecule has 1 aliphatic rings. The summed E-state index contributed by atoms with van der Waals surface area (Å²) in [5, 5.41) is 6.78. The smallest absolute Gasteiger partial charge is 0.177 e. The standard InChI is InChI=1S/C24H23N5O/c25-24-23-19(11-21(30-23)18-8-4-5-15-9-10-26-22(15)18)20(13-27-24)16-12-28-29(14-16)17-6-2-1-3-7-17/h4-5,8-14,17,26H,1-3,6-7H2,(H2,25,27). The first-order valence-corrected chi connectivity index (χ1v) is 10.6. The van der Waals surface area contributed by atoms with Crippen molar-refractivity contribution in [1.29, 1.82) is 0 Å². The zero-order valence-electron chi connectivity index (χ0n) is 16.6. The van der Waals surface area contributed by atoms with Gasteiger partial charge in [0.1, 0.15) is 5.76 Å². The fourth-order valence-electron chi connectivity index (χ4n) is 4.72. The van der Waals surface area contributed by atoms with Crippen LogP contribution in [0.2, 0.25) is 0 Å². The fraction of sp³-hybridized carbons (Fsp3) is 0.250. The van der Waals surface area contributed by atoms with E-state index in [4.69, 9.17) is 10.2 Å². The van der Waals surface area contributed by atoms with E-state index in [9.17, 15) is 0 Å². The highest BCUT2D eigenvalue weighted by molar-refractivity contribution is 6.02. The van der Waals surface area contributed by atoms with Gasteiger partial charge in [-0.3, -0.25) is 4.68 Å². The molecule has 6 nitrogen and oxygen atoms in total. The molecule has 0 unspecified atom stereocenters. The summed E-state index contributed by atoms with van der Waals surface area (Å²) in [5.74, 6) is 1.18. The number of nitrogens with one attached hydrogen (secondary N) is 1. The number of para-hydroxylation sites is 1. The van der Waals surface area contributed by atoms with E-state index in [0.717, 1.165) is 38.7 Å². The van der Waals surface area contributed by atoms with E-state index in [2.05, 4.69) is 50.2 Å². The summed E-state index contributed by atoms with van der Waals surface area (Å²) in [7, 11) is 0. The predicted octanol–water partition coefficient (Wildman–Crippen LogP) is 5.93. The summed E-state index contributed by atoms with van der Waals surface area (Å²) in [4.78, 5) is 7.72. The second-order valence-electron chi connectivity index (χ2n) is 8.16. The first-order valence-electron chi connectivity index (χ1n) is 10.6. The fourth-order valence-corrected chi connectivity index (χ4v) is 4.72. The summed E-state index contributed by atoms with van der Waals surface area (Å²) in [6.07, 6.45) is 14.1. The molecular formula is C24H23N5O. The molecule has 0 atom stereocenters. The lowest BCUT2D eigenvalue weighted by Gasteiger charge is -2.21. The van der Waals surface area contributed by atoms with Crippen LogP contribution in [0.1, 0.15) is 38.1 Å². The average Bonchev–Trinajstić information content (AvgIpc) is 3.53. The molecule has 1 aromatic carbocycles. The minimum absolute atomic E-state index is 0.401. The molecule has 5 aromatic rings. The molecule has 0 aliphatic heterocycles. The van der Waals surface area contributed by atoms with Gasteiger partial charge in [0.15, 0.2) is 11.4 Å². The second kappa shape index (κ2) is 6.76. The van der Waals surface area contributed by atoms with Crippen LogP contribution in [0.4, 0.5) is 5.82 Å². The number of anilines is 1. The van der Waals surface area contributed by atoms with E-state index < -0.39 is 0 Å². The third kappa shape index (κ3) is 2.71. The van der Waals surface area contributed by atoms with Gasteiger partial charge in [0.2, 0.25) is 0 Å². The molecule has 1 saturated carbocycles. The number of furan rings is 1. The van der Waals surface area contributed by atoms with Gasteiger partial charge in [-0.25, -0.2) is 4.98 Å². The Morgan fingerprint density at radius 3 is 2.87 bits per heavy atom. The number of nitrogens with two attached hydrogens (primary N) is 1. The lowest BCUT2D eigenvalue weighted by Crippen LogP contribution is -2.12. The quantitative estimate of drug-likeness (QED) is 0.395. The number of fused-ring (bicyclic) bond motifs is 2. The van der Waals surface area contributed by atoms with Crippen LogP contribution in [0.15, 0.2) is 59.5 Å². The van der Waals surface area contributed by atoms with Crippen LogP contribution in [0.5, 0.6) is 0 Å². The number of rotatable bonds is 3. The number of benzene rings is 1. The maximum atomic E-state index is 6.21. The minimum Gasteiger partial charge on any atom is -0.452 e. The molecule has 4 heterocycles. The van der Waals surface area contributed by atoms with Crippen LogP contribution in [-0.2, 0) is 0 Å². The van der Waals surface area contributed by atoms with E-state index >= 15 is 0 Å². The third-order valence-electron chi connectivity index (χ3n) is 6.30. The van der Waals surface area contributed by atoms with Gasteiger partial charge >= 0.3 is 0 Å². The topological polar surface area (TPSA) is 85.7 Å². The van der Waals surface area contributed by atoms with Crippen molar-refractivity contribution in [3.05, 3.63) is 55.1 Å². The van der Waals surface area contributed by atoms with Gasteiger partial charge in [0, 0.05) is 46.1 Å². The van der Waals surface area contributed by atoms with Crippen molar-refractivity contribution in [2.24, 2.45) is 0 Å². The molecule has 150 valence electrons. The number of aromatic nitrogens is 4. The highest BCUT2D eigenvalue weighted by Crippen LogP contribution is 2.38. The third-order valence-corrected chi connectivity index (χ3v) is 6.30. The number of nitrogens with zero attached hydrogens (tertiary/aromatic N) is 3. The Morgan fingerprint density at radius 1 is 1.07 bits per heavy atom. The highest BCUT2D eigenvalue weighted by atomic mass is 16.3. The molecule has 1 aliphatic carbocycles. The van der Waals surface area contributed by atoms with E-state index in [1.165, 1.54) is 32.1 Å². The molecular weight excluding hydrogens is 374 g/mol. The van der Waals surface area contributed by atoms with E-state index in [1.54, 1.807) is 0 Å². The second-order valence-corrected chi connectivity index (χ2v) is 8.16. The van der Waals surface area contributed by atoms with Crippen LogP contribution in [-0.4, -0.2) is 19.7 Å². The molecule has 4 aromatic heterocycles. The number of hydrogen-bond acceptors (Lipinski definition) is 4. The molecule has 6 heteroatoms. The van der Waals surface area contributed by atoms with E-state index in [-0.39, 0.29) is 0 Å². The molecule has 0 spiro atoms. The Balaban J connectivity index is 1.47. The molecule has 0 amide bonds. The van der Waals surface area contributed by atoms with Gasteiger partial charge in [-0.1, -0.05) is 31.4 Å². The van der Waals surface area contributed by atoms with Crippen LogP contribution >= 0.6 is 0 Å². The highest BCUT2D eigenvalue weighted by Gasteiger charge is 2.19. The first-order chi connectivity index (χ1) is 14.8. The van der Waals surface area contributed by atoms with Gasteiger partial charge in [0.05, 0.1) is 17.8 Å². The normalized spacial score (nSPS) is 15.3. The molecule has 0 bridgehead atoms. The molecule has 6 rings (SSSR count). The summed E-state index contributed by atoms with van der Waals surface area (Å²) < 4.78 is 8.34. The number of hydrogen-bond donors (Lipinski definition) is 2. The van der Waals surface area contributed by atoms with Crippen LogP contribution in [0, 0.1) is 0 Å². The van der Waals surface area contributed by atoms with Crippen molar-refractivity contribution in [3.8, 4) is 22.5 Å². The monoisotopic (exact) mass is 397 g/mol. The van der Waals surface area contributed by atoms with Crippen molar-refractivity contribution in [2.45, 2.75) is 38.1 Å². The Morgan fingerprint density at radius 2 is 1.97 bits per heavy atom. The Bertz CT molecular complexity index is 1350. The predicted molar refractivity (Wildman–Crippen MR) is 119 cm³/mol. The van der Waals surface area contributed by atoms with Crippen LogP contribution < -0.4 is 5.73 Å². The molecule has 30 heavy (non-hydrogen) atoms. The lowest BCUT2D eigenvalue weighted by atomic mass is 9.96. The molecule has 0 radical (unpaired) electrons.